The maximum absolute atomic E-state index is 15.2. The third kappa shape index (κ3) is 4.34. The van der Waals surface area contributed by atoms with Gasteiger partial charge in [0, 0.05) is 6.54 Å². The fraction of sp³-hybridized carbons (Fsp3) is 0.478. The predicted octanol–water partition coefficient (Wildman–Crippen LogP) is 3.87. The van der Waals surface area contributed by atoms with E-state index in [2.05, 4.69) is 24.7 Å². The Labute approximate surface area is 204 Å². The van der Waals surface area contributed by atoms with Gasteiger partial charge < -0.3 is 20.3 Å². The predicted molar refractivity (Wildman–Crippen MR) is 132 cm³/mol. The van der Waals surface area contributed by atoms with Crippen LogP contribution in [-0.2, 0) is 5.54 Å². The standard InChI is InChI=1S/C23H30F2N6O3S/c1-22(2)21(26)31-23(3,17-6-4-5-11-28-35(17,22)33)19-15(25)8-10-18(29-19)30-20(32)16-9-7-14(12-27-16)34-13-24/h7-10,12,17,28,33H,4-6,11,13H2,1-3H3,(H2,26,31)(H,29,30,32)/t17-,23-/m0/s1. The Morgan fingerprint density at radius 3 is 2.77 bits per heavy atom. The van der Waals surface area contributed by atoms with Crippen LogP contribution in [0, 0.1) is 5.82 Å². The van der Waals surface area contributed by atoms with E-state index in [0.29, 0.717) is 13.0 Å². The monoisotopic (exact) mass is 508 g/mol. The summed E-state index contributed by atoms with van der Waals surface area (Å²) in [7, 11) is -2.55. The molecule has 1 fully saturated rings. The molecule has 4 heterocycles. The van der Waals surface area contributed by atoms with Crippen molar-refractivity contribution in [3.63, 3.8) is 0 Å². The van der Waals surface area contributed by atoms with Crippen LogP contribution < -0.4 is 20.5 Å². The quantitative estimate of drug-likeness (QED) is 0.481. The molecule has 0 bridgehead atoms. The van der Waals surface area contributed by atoms with Gasteiger partial charge in [-0.3, -0.25) is 14.5 Å². The van der Waals surface area contributed by atoms with Crippen LogP contribution in [0.4, 0.5) is 14.6 Å². The van der Waals surface area contributed by atoms with Gasteiger partial charge in [-0.15, -0.1) is 0 Å². The molecule has 1 amide bonds. The largest absolute Gasteiger partial charge is 0.461 e. The third-order valence-electron chi connectivity index (χ3n) is 6.76. The molecule has 0 aromatic carbocycles. The molecule has 1 saturated heterocycles. The fourth-order valence-corrected chi connectivity index (χ4v) is 8.06. The van der Waals surface area contributed by atoms with Crippen molar-refractivity contribution in [3.8, 4) is 5.75 Å². The summed E-state index contributed by atoms with van der Waals surface area (Å²) in [4.78, 5) is 25.8. The molecule has 12 heteroatoms. The van der Waals surface area contributed by atoms with E-state index in [1.165, 1.54) is 30.5 Å². The maximum atomic E-state index is 15.2. The van der Waals surface area contributed by atoms with E-state index in [1.54, 1.807) is 6.92 Å². The molecule has 190 valence electrons. The van der Waals surface area contributed by atoms with Gasteiger partial charge in [0.1, 0.15) is 40.1 Å². The van der Waals surface area contributed by atoms with Gasteiger partial charge in [-0.25, -0.2) is 18.7 Å². The number of fused-ring (bicyclic) bond motifs is 1. The number of anilines is 1. The van der Waals surface area contributed by atoms with Crippen molar-refractivity contribution >= 4 is 28.1 Å². The number of alkyl halides is 1. The smallest absolute Gasteiger partial charge is 0.275 e. The third-order valence-corrected chi connectivity index (χ3v) is 10.7. The van der Waals surface area contributed by atoms with E-state index in [9.17, 15) is 13.7 Å². The first kappa shape index (κ1) is 25.3. The molecule has 9 nitrogen and oxygen atoms in total. The van der Waals surface area contributed by atoms with E-state index in [-0.39, 0.29) is 28.8 Å². The lowest BCUT2D eigenvalue weighted by molar-refractivity contribution is 0.102. The molecular formula is C23H30F2N6O3S. The van der Waals surface area contributed by atoms with Crippen LogP contribution in [0.5, 0.6) is 5.75 Å². The molecule has 5 N–H and O–H groups in total. The van der Waals surface area contributed by atoms with Crippen molar-refractivity contribution in [3.05, 3.63) is 47.7 Å². The van der Waals surface area contributed by atoms with Crippen LogP contribution in [0.15, 0.2) is 35.5 Å². The number of ether oxygens (including phenoxy) is 1. The van der Waals surface area contributed by atoms with Gasteiger partial charge in [0.2, 0.25) is 6.86 Å². The molecule has 0 spiro atoms. The van der Waals surface area contributed by atoms with Crippen LogP contribution in [0.2, 0.25) is 0 Å². The zero-order valence-corrected chi connectivity index (χ0v) is 20.7. The highest BCUT2D eigenvalue weighted by atomic mass is 32.3. The first-order chi connectivity index (χ1) is 16.5. The Morgan fingerprint density at radius 2 is 2.09 bits per heavy atom. The van der Waals surface area contributed by atoms with Crippen molar-refractivity contribution in [2.45, 2.75) is 55.6 Å². The SMILES string of the molecule is CC1(C)C(N)=N[C@](C)(c2nc(NC(=O)c3ccc(OCF)cn3)ccc2F)[C@@H]2CCCCNS21O. The topological polar surface area (TPSA) is 135 Å². The Bertz CT molecular complexity index is 1150. The molecule has 2 aromatic rings. The van der Waals surface area contributed by atoms with Gasteiger partial charge in [-0.2, -0.15) is 0 Å². The summed E-state index contributed by atoms with van der Waals surface area (Å²) in [5.74, 6) is -0.700. The van der Waals surface area contributed by atoms with Crippen molar-refractivity contribution in [2.75, 3.05) is 18.7 Å². The number of carbonyl (C=O) groups excluding carboxylic acids is 1. The van der Waals surface area contributed by atoms with Crippen molar-refractivity contribution < 1.29 is 22.9 Å². The minimum absolute atomic E-state index is 0.00646. The summed E-state index contributed by atoms with van der Waals surface area (Å²) in [6.45, 7) is 5.05. The first-order valence-electron chi connectivity index (χ1n) is 11.3. The molecule has 0 saturated carbocycles. The van der Waals surface area contributed by atoms with Crippen molar-refractivity contribution in [1.29, 1.82) is 0 Å². The van der Waals surface area contributed by atoms with E-state index in [0.717, 1.165) is 12.8 Å². The normalized spacial score (nSPS) is 29.7. The second-order valence-corrected chi connectivity index (χ2v) is 12.4. The molecular weight excluding hydrogens is 478 g/mol. The number of nitrogens with two attached hydrogens (primary N) is 1. The molecule has 35 heavy (non-hydrogen) atoms. The Balaban J connectivity index is 1.70. The number of amidine groups is 1. The van der Waals surface area contributed by atoms with E-state index in [4.69, 9.17) is 10.7 Å². The zero-order valence-electron chi connectivity index (χ0n) is 19.8. The number of pyridine rings is 2. The van der Waals surface area contributed by atoms with Gasteiger partial charge in [0.25, 0.3) is 5.91 Å². The van der Waals surface area contributed by atoms with Gasteiger partial charge in [0.15, 0.2) is 0 Å². The van der Waals surface area contributed by atoms with E-state index in [1.807, 2.05) is 13.8 Å². The number of nitrogens with one attached hydrogen (secondary N) is 2. The van der Waals surface area contributed by atoms with Gasteiger partial charge in [-0.05, 0) is 57.9 Å². The summed E-state index contributed by atoms with van der Waals surface area (Å²) in [5, 5.41) is 2.16. The molecule has 0 radical (unpaired) electrons. The number of halogens is 2. The number of hydrogen-bond donors (Lipinski definition) is 4. The molecule has 2 aliphatic rings. The highest BCUT2D eigenvalue weighted by molar-refractivity contribution is 8.29. The number of hydrogen-bond acceptors (Lipinski definition) is 8. The van der Waals surface area contributed by atoms with Gasteiger partial charge in [0.05, 0.1) is 16.2 Å². The second kappa shape index (κ2) is 9.32. The Kier molecular flexibility index (Phi) is 6.73. The lowest BCUT2D eigenvalue weighted by atomic mass is 9.88. The van der Waals surface area contributed by atoms with Crippen molar-refractivity contribution in [1.82, 2.24) is 14.7 Å². The average Bonchev–Trinajstić information content (AvgIpc) is 3.03. The van der Waals surface area contributed by atoms with E-state index < -0.39 is 44.6 Å². The molecule has 3 atom stereocenters. The number of carbonyl (C=O) groups is 1. The molecule has 2 aromatic heterocycles. The summed E-state index contributed by atoms with van der Waals surface area (Å²) >= 11 is 0. The summed E-state index contributed by atoms with van der Waals surface area (Å²) in [5.41, 5.74) is 5.14. The Morgan fingerprint density at radius 1 is 1.31 bits per heavy atom. The van der Waals surface area contributed by atoms with Gasteiger partial charge in [-0.1, -0.05) is 16.9 Å². The average molecular weight is 509 g/mol. The second-order valence-electron chi connectivity index (χ2n) is 9.27. The molecule has 4 rings (SSSR count). The lowest BCUT2D eigenvalue weighted by Gasteiger charge is -2.58. The van der Waals surface area contributed by atoms with Crippen LogP contribution in [0.3, 0.4) is 0 Å². The highest BCUT2D eigenvalue weighted by Crippen LogP contribution is 2.66. The molecule has 1 unspecified atom stereocenters. The number of amides is 1. The number of aliphatic imine (C=N–C) groups is 1. The summed E-state index contributed by atoms with van der Waals surface area (Å²) in [6, 6.07) is 5.33. The number of nitrogens with zero attached hydrogens (tertiary/aromatic N) is 3. The number of rotatable bonds is 5. The Hall–Kier alpha value is -2.83. The fourth-order valence-electron chi connectivity index (χ4n) is 4.63. The summed E-state index contributed by atoms with van der Waals surface area (Å²) < 4.78 is 46.7. The number of aromatic nitrogens is 2. The highest BCUT2D eigenvalue weighted by Gasteiger charge is 2.59. The van der Waals surface area contributed by atoms with Crippen LogP contribution in [0.25, 0.3) is 0 Å². The van der Waals surface area contributed by atoms with Gasteiger partial charge >= 0.3 is 0 Å². The maximum Gasteiger partial charge on any atom is 0.275 e. The minimum Gasteiger partial charge on any atom is -0.461 e. The van der Waals surface area contributed by atoms with Crippen LogP contribution >= 0.6 is 10.5 Å². The van der Waals surface area contributed by atoms with Crippen molar-refractivity contribution in [2.24, 2.45) is 10.7 Å². The molecule has 2 aliphatic heterocycles. The first-order valence-corrected chi connectivity index (χ1v) is 13.0. The zero-order chi connectivity index (χ0) is 25.4. The summed E-state index contributed by atoms with van der Waals surface area (Å²) in [6.07, 6.45) is 3.54. The van der Waals surface area contributed by atoms with Crippen LogP contribution in [0.1, 0.15) is 56.2 Å². The lowest BCUT2D eigenvalue weighted by Crippen LogP contribution is -2.60. The van der Waals surface area contributed by atoms with E-state index >= 15 is 4.39 Å². The minimum atomic E-state index is -2.55. The van der Waals surface area contributed by atoms with Crippen LogP contribution in [-0.4, -0.2) is 49.7 Å². The molecule has 0 aliphatic carbocycles.